The summed E-state index contributed by atoms with van der Waals surface area (Å²) in [5.41, 5.74) is 2.47. The van der Waals surface area contributed by atoms with Crippen molar-refractivity contribution in [3.63, 3.8) is 0 Å². The Morgan fingerprint density at radius 1 is 1.03 bits per heavy atom. The number of hydrogen-bond acceptors (Lipinski definition) is 5. The average Bonchev–Trinajstić information content (AvgIpc) is 3.01. The number of carbonyl (C=O) groups is 1. The number of carbonyl (C=O) groups excluding carboxylic acids is 1. The van der Waals surface area contributed by atoms with Gasteiger partial charge in [0.05, 0.1) is 12.7 Å². The van der Waals surface area contributed by atoms with E-state index < -0.39 is 0 Å². The van der Waals surface area contributed by atoms with Crippen LogP contribution in [-0.4, -0.2) is 54.5 Å². The maximum absolute atomic E-state index is 13.0. The fraction of sp³-hybridized carbons (Fsp3) is 0.231. The molecule has 1 saturated heterocycles. The van der Waals surface area contributed by atoms with Crippen LogP contribution >= 0.6 is 0 Å². The number of benzene rings is 3. The molecule has 2 aliphatic heterocycles. The molecule has 1 fully saturated rings. The number of urea groups is 1. The van der Waals surface area contributed by atoms with Gasteiger partial charge in [0.2, 0.25) is 0 Å². The summed E-state index contributed by atoms with van der Waals surface area (Å²) in [6.07, 6.45) is 0. The molecule has 33 heavy (non-hydrogen) atoms. The van der Waals surface area contributed by atoms with Gasteiger partial charge in [0.15, 0.2) is 5.75 Å². The Bertz CT molecular complexity index is 1210. The molecule has 2 heterocycles. The van der Waals surface area contributed by atoms with Crippen LogP contribution in [0.4, 0.5) is 16.2 Å². The Kier molecular flexibility index (Phi) is 5.60. The lowest BCUT2D eigenvalue weighted by atomic mass is 10.1. The molecule has 5 rings (SSSR count). The van der Waals surface area contributed by atoms with E-state index in [-0.39, 0.29) is 12.1 Å². The van der Waals surface area contributed by atoms with E-state index in [4.69, 9.17) is 14.5 Å². The second kappa shape index (κ2) is 8.86. The number of hydrogen-bond donors (Lipinski definition) is 1. The highest BCUT2D eigenvalue weighted by Gasteiger charge is 2.31. The molecule has 1 unspecified atom stereocenters. The van der Waals surface area contributed by atoms with Gasteiger partial charge in [-0.2, -0.15) is 0 Å². The predicted molar refractivity (Wildman–Crippen MR) is 129 cm³/mol. The Morgan fingerprint density at radius 2 is 1.82 bits per heavy atom. The van der Waals surface area contributed by atoms with Crippen LogP contribution in [0.1, 0.15) is 12.5 Å². The maximum atomic E-state index is 13.0. The molecule has 3 aromatic carbocycles. The van der Waals surface area contributed by atoms with Gasteiger partial charge in [-0.3, -0.25) is 0 Å². The molecule has 7 nitrogen and oxygen atoms in total. The minimum Gasteiger partial charge on any atom is -0.497 e. The highest BCUT2D eigenvalue weighted by molar-refractivity contribution is 6.04. The zero-order valence-corrected chi connectivity index (χ0v) is 18.7. The second-order valence-corrected chi connectivity index (χ2v) is 8.15. The number of piperazine rings is 1. The normalized spacial score (nSPS) is 17.2. The molecular weight excluding hydrogens is 416 g/mol. The van der Waals surface area contributed by atoms with Crippen molar-refractivity contribution >= 4 is 23.2 Å². The van der Waals surface area contributed by atoms with Crippen LogP contribution in [0.3, 0.4) is 0 Å². The van der Waals surface area contributed by atoms with E-state index in [0.29, 0.717) is 31.1 Å². The van der Waals surface area contributed by atoms with E-state index in [9.17, 15) is 4.79 Å². The van der Waals surface area contributed by atoms with Crippen molar-refractivity contribution < 1.29 is 14.3 Å². The number of nitrogens with one attached hydrogen (secondary N) is 1. The zero-order chi connectivity index (χ0) is 22.8. The molecule has 0 aromatic heterocycles. The molecule has 2 aliphatic rings. The summed E-state index contributed by atoms with van der Waals surface area (Å²) in [5, 5.41) is 2.99. The van der Waals surface area contributed by atoms with Crippen molar-refractivity contribution in [1.29, 1.82) is 0 Å². The van der Waals surface area contributed by atoms with Crippen LogP contribution in [0.5, 0.6) is 17.2 Å². The number of para-hydroxylation sites is 3. The van der Waals surface area contributed by atoms with Gasteiger partial charge in [0.1, 0.15) is 23.0 Å². The SMILES string of the molecule is COc1cccc(NC(=O)N2CCN(C3=Nc4ccccc4Oc4ccccc43)CC2C)c1. The van der Waals surface area contributed by atoms with Gasteiger partial charge in [0.25, 0.3) is 0 Å². The van der Waals surface area contributed by atoms with Crippen molar-refractivity contribution in [2.45, 2.75) is 13.0 Å². The lowest BCUT2D eigenvalue weighted by Gasteiger charge is -2.41. The molecule has 7 heteroatoms. The van der Waals surface area contributed by atoms with Crippen molar-refractivity contribution in [2.75, 3.05) is 32.1 Å². The Balaban J connectivity index is 1.36. The van der Waals surface area contributed by atoms with Crippen LogP contribution in [0, 0.1) is 0 Å². The van der Waals surface area contributed by atoms with E-state index in [0.717, 1.165) is 28.6 Å². The van der Waals surface area contributed by atoms with E-state index in [1.54, 1.807) is 7.11 Å². The number of anilines is 1. The van der Waals surface area contributed by atoms with Gasteiger partial charge in [-0.25, -0.2) is 9.79 Å². The van der Waals surface area contributed by atoms with Crippen molar-refractivity contribution in [1.82, 2.24) is 9.80 Å². The lowest BCUT2D eigenvalue weighted by molar-refractivity contribution is 0.145. The minimum absolute atomic E-state index is 0.00126. The first-order valence-corrected chi connectivity index (χ1v) is 11.0. The molecule has 1 atom stereocenters. The number of amidine groups is 1. The lowest BCUT2D eigenvalue weighted by Crippen LogP contribution is -2.56. The Labute approximate surface area is 193 Å². The Hall–Kier alpha value is -4.00. The number of fused-ring (bicyclic) bond motifs is 2. The molecule has 0 aliphatic carbocycles. The number of ether oxygens (including phenoxy) is 2. The standard InChI is InChI=1S/C26H26N4O3/c1-18-17-29(14-15-30(18)26(31)27-19-8-7-9-20(16-19)32-2)25-21-10-3-5-12-23(21)33-24-13-6-4-11-22(24)28-25/h3-13,16,18H,14-15,17H2,1-2H3,(H,27,31). The van der Waals surface area contributed by atoms with Crippen molar-refractivity contribution in [3.05, 3.63) is 78.4 Å². The predicted octanol–water partition coefficient (Wildman–Crippen LogP) is 5.12. The Morgan fingerprint density at radius 3 is 2.64 bits per heavy atom. The summed E-state index contributed by atoms with van der Waals surface area (Å²) in [7, 11) is 1.61. The third-order valence-electron chi connectivity index (χ3n) is 5.95. The third-order valence-corrected chi connectivity index (χ3v) is 5.95. The number of aliphatic imine (C=N–C) groups is 1. The number of nitrogens with zero attached hydrogens (tertiary/aromatic N) is 3. The van der Waals surface area contributed by atoms with E-state index >= 15 is 0 Å². The summed E-state index contributed by atoms with van der Waals surface area (Å²) < 4.78 is 11.4. The summed E-state index contributed by atoms with van der Waals surface area (Å²) in [6, 6.07) is 23.0. The van der Waals surface area contributed by atoms with Gasteiger partial charge in [0, 0.05) is 37.4 Å². The summed E-state index contributed by atoms with van der Waals surface area (Å²) in [4.78, 5) is 22.1. The summed E-state index contributed by atoms with van der Waals surface area (Å²) in [5.74, 6) is 3.10. The van der Waals surface area contributed by atoms with Gasteiger partial charge in [-0.05, 0) is 43.3 Å². The number of rotatable bonds is 2. The first-order valence-electron chi connectivity index (χ1n) is 11.0. The molecule has 1 N–H and O–H groups in total. The molecule has 0 spiro atoms. The van der Waals surface area contributed by atoms with Crippen LogP contribution < -0.4 is 14.8 Å². The zero-order valence-electron chi connectivity index (χ0n) is 18.7. The van der Waals surface area contributed by atoms with Gasteiger partial charge in [-0.15, -0.1) is 0 Å². The number of amides is 2. The quantitative estimate of drug-likeness (QED) is 0.598. The average molecular weight is 443 g/mol. The van der Waals surface area contributed by atoms with Crippen LogP contribution in [0.15, 0.2) is 77.8 Å². The van der Waals surface area contributed by atoms with E-state index in [1.165, 1.54) is 0 Å². The monoisotopic (exact) mass is 442 g/mol. The second-order valence-electron chi connectivity index (χ2n) is 8.15. The fourth-order valence-corrected chi connectivity index (χ4v) is 4.26. The van der Waals surface area contributed by atoms with Gasteiger partial charge in [-0.1, -0.05) is 30.3 Å². The number of methoxy groups -OCH3 is 1. The van der Waals surface area contributed by atoms with Crippen LogP contribution in [0.2, 0.25) is 0 Å². The molecule has 2 amide bonds. The highest BCUT2D eigenvalue weighted by atomic mass is 16.5. The first kappa shape index (κ1) is 20.9. The van der Waals surface area contributed by atoms with E-state index in [1.807, 2.05) is 77.7 Å². The molecule has 0 radical (unpaired) electrons. The molecule has 168 valence electrons. The smallest absolute Gasteiger partial charge is 0.322 e. The van der Waals surface area contributed by atoms with Crippen LogP contribution in [0.25, 0.3) is 0 Å². The van der Waals surface area contributed by atoms with Gasteiger partial charge >= 0.3 is 6.03 Å². The molecular formula is C26H26N4O3. The minimum atomic E-state index is -0.118. The summed E-state index contributed by atoms with van der Waals surface area (Å²) >= 11 is 0. The van der Waals surface area contributed by atoms with Gasteiger partial charge < -0.3 is 24.6 Å². The largest absolute Gasteiger partial charge is 0.497 e. The topological polar surface area (TPSA) is 66.4 Å². The molecule has 3 aromatic rings. The third kappa shape index (κ3) is 4.22. The molecule has 0 bridgehead atoms. The van der Waals surface area contributed by atoms with Crippen molar-refractivity contribution in [3.8, 4) is 17.2 Å². The van der Waals surface area contributed by atoms with Crippen molar-refractivity contribution in [2.24, 2.45) is 4.99 Å². The highest BCUT2D eigenvalue weighted by Crippen LogP contribution is 2.38. The van der Waals surface area contributed by atoms with E-state index in [2.05, 4.69) is 17.1 Å². The van der Waals surface area contributed by atoms with Crippen LogP contribution in [-0.2, 0) is 0 Å². The summed E-state index contributed by atoms with van der Waals surface area (Å²) in [6.45, 7) is 3.98. The fourth-order valence-electron chi connectivity index (χ4n) is 4.26. The molecule has 0 saturated carbocycles. The first-order chi connectivity index (χ1) is 16.1. The maximum Gasteiger partial charge on any atom is 0.322 e.